The molecular formula is C14H19NO2. The molecule has 2 rings (SSSR count). The topological polar surface area (TPSA) is 40.5 Å². The van der Waals surface area contributed by atoms with Gasteiger partial charge in [-0.15, -0.1) is 0 Å². The Balaban J connectivity index is 2.03. The van der Waals surface area contributed by atoms with Crippen molar-refractivity contribution < 1.29 is 9.90 Å². The molecule has 3 nitrogen and oxygen atoms in total. The van der Waals surface area contributed by atoms with Gasteiger partial charge in [0.2, 0.25) is 0 Å². The van der Waals surface area contributed by atoms with E-state index in [4.69, 9.17) is 5.11 Å². The number of carboxylic acids is 1. The van der Waals surface area contributed by atoms with E-state index in [1.807, 2.05) is 0 Å². The van der Waals surface area contributed by atoms with Crippen LogP contribution in [-0.4, -0.2) is 24.7 Å². The van der Waals surface area contributed by atoms with E-state index in [2.05, 4.69) is 30.1 Å². The Morgan fingerprint density at radius 1 is 1.47 bits per heavy atom. The average molecular weight is 233 g/mol. The summed E-state index contributed by atoms with van der Waals surface area (Å²) in [6.07, 6.45) is 4.21. The van der Waals surface area contributed by atoms with Gasteiger partial charge in [-0.1, -0.05) is 12.1 Å². The highest BCUT2D eigenvalue weighted by Crippen LogP contribution is 2.27. The van der Waals surface area contributed by atoms with Gasteiger partial charge in [0.05, 0.1) is 0 Å². The van der Waals surface area contributed by atoms with Crippen LogP contribution in [0.4, 0.5) is 5.69 Å². The van der Waals surface area contributed by atoms with Gasteiger partial charge in [-0.2, -0.15) is 0 Å². The third-order valence-electron chi connectivity index (χ3n) is 3.35. The predicted molar refractivity (Wildman–Crippen MR) is 68.6 cm³/mol. The lowest BCUT2D eigenvalue weighted by Gasteiger charge is -2.27. The molecule has 0 fully saturated rings. The summed E-state index contributed by atoms with van der Waals surface area (Å²) < 4.78 is 0. The number of carboxylic acid groups (broad SMARTS) is 1. The van der Waals surface area contributed by atoms with Crippen LogP contribution in [0, 0.1) is 0 Å². The molecule has 0 aliphatic carbocycles. The Kier molecular flexibility index (Phi) is 3.67. The van der Waals surface area contributed by atoms with Crippen LogP contribution in [0.3, 0.4) is 0 Å². The minimum Gasteiger partial charge on any atom is -0.481 e. The zero-order valence-electron chi connectivity index (χ0n) is 10.3. The lowest BCUT2D eigenvalue weighted by molar-refractivity contribution is -0.137. The van der Waals surface area contributed by atoms with E-state index in [0.717, 1.165) is 25.8 Å². The van der Waals surface area contributed by atoms with Crippen molar-refractivity contribution in [3.63, 3.8) is 0 Å². The van der Waals surface area contributed by atoms with E-state index < -0.39 is 5.97 Å². The standard InChI is InChI=1S/C14H19NO2/c1-15-9-3-5-12-10-11(7-8-13(12)15)4-2-6-14(16)17/h7-8,10H,2-6,9H2,1H3,(H,16,17). The molecule has 92 valence electrons. The second kappa shape index (κ2) is 5.21. The molecule has 1 aromatic carbocycles. The number of nitrogens with zero attached hydrogens (tertiary/aromatic N) is 1. The van der Waals surface area contributed by atoms with Gasteiger partial charge < -0.3 is 10.0 Å². The minimum atomic E-state index is -0.706. The number of carbonyl (C=O) groups is 1. The molecule has 1 aromatic rings. The number of hydrogen-bond acceptors (Lipinski definition) is 2. The van der Waals surface area contributed by atoms with E-state index in [1.165, 1.54) is 23.2 Å². The van der Waals surface area contributed by atoms with Crippen LogP contribution in [0.5, 0.6) is 0 Å². The zero-order valence-corrected chi connectivity index (χ0v) is 10.3. The van der Waals surface area contributed by atoms with Crippen molar-refractivity contribution in [3.05, 3.63) is 29.3 Å². The van der Waals surface area contributed by atoms with Gasteiger partial charge in [-0.05, 0) is 42.9 Å². The molecule has 0 bridgehead atoms. The Hall–Kier alpha value is -1.51. The number of rotatable bonds is 4. The Bertz CT molecular complexity index is 415. The van der Waals surface area contributed by atoms with Crippen LogP contribution < -0.4 is 4.90 Å². The van der Waals surface area contributed by atoms with Crippen molar-refractivity contribution >= 4 is 11.7 Å². The van der Waals surface area contributed by atoms with E-state index >= 15 is 0 Å². The van der Waals surface area contributed by atoms with Gasteiger partial charge >= 0.3 is 5.97 Å². The molecule has 3 heteroatoms. The molecule has 1 heterocycles. The summed E-state index contributed by atoms with van der Waals surface area (Å²) in [5.74, 6) is -0.706. The number of aliphatic carboxylic acids is 1. The highest BCUT2D eigenvalue weighted by Gasteiger charge is 2.13. The molecule has 1 aliphatic rings. The van der Waals surface area contributed by atoms with Crippen molar-refractivity contribution in [1.82, 2.24) is 0 Å². The zero-order chi connectivity index (χ0) is 12.3. The Morgan fingerprint density at radius 2 is 2.29 bits per heavy atom. The first kappa shape index (κ1) is 12.0. The van der Waals surface area contributed by atoms with Gasteiger partial charge in [-0.25, -0.2) is 0 Å². The summed E-state index contributed by atoms with van der Waals surface area (Å²) >= 11 is 0. The fourth-order valence-electron chi connectivity index (χ4n) is 2.44. The second-order valence-electron chi connectivity index (χ2n) is 4.74. The number of aryl methyl sites for hydroxylation is 2. The first-order valence-corrected chi connectivity index (χ1v) is 6.21. The molecule has 0 radical (unpaired) electrons. The third kappa shape index (κ3) is 2.99. The summed E-state index contributed by atoms with van der Waals surface area (Å²) in [6.45, 7) is 1.13. The average Bonchev–Trinajstić information content (AvgIpc) is 2.29. The highest BCUT2D eigenvalue weighted by molar-refractivity contribution is 5.66. The van der Waals surface area contributed by atoms with Crippen LogP contribution in [0.2, 0.25) is 0 Å². The molecule has 0 aromatic heterocycles. The number of hydrogen-bond donors (Lipinski definition) is 1. The summed E-state index contributed by atoms with van der Waals surface area (Å²) in [5, 5.41) is 8.61. The fraction of sp³-hybridized carbons (Fsp3) is 0.500. The lowest BCUT2D eigenvalue weighted by atomic mass is 9.97. The quantitative estimate of drug-likeness (QED) is 0.868. The van der Waals surface area contributed by atoms with E-state index in [1.54, 1.807) is 0 Å². The van der Waals surface area contributed by atoms with E-state index in [0.29, 0.717) is 0 Å². The molecule has 1 N–H and O–H groups in total. The molecule has 1 aliphatic heterocycles. The molecule has 0 unspecified atom stereocenters. The van der Waals surface area contributed by atoms with E-state index in [9.17, 15) is 4.79 Å². The minimum absolute atomic E-state index is 0.261. The maximum Gasteiger partial charge on any atom is 0.303 e. The Labute approximate surface area is 102 Å². The van der Waals surface area contributed by atoms with Crippen molar-refractivity contribution in [1.29, 1.82) is 0 Å². The van der Waals surface area contributed by atoms with Crippen molar-refractivity contribution in [2.45, 2.75) is 32.1 Å². The fourth-order valence-corrected chi connectivity index (χ4v) is 2.44. The maximum atomic E-state index is 10.5. The van der Waals surface area contributed by atoms with Gasteiger partial charge in [0.1, 0.15) is 0 Å². The summed E-state index contributed by atoms with van der Waals surface area (Å²) in [7, 11) is 2.13. The summed E-state index contributed by atoms with van der Waals surface area (Å²) in [4.78, 5) is 12.8. The largest absolute Gasteiger partial charge is 0.481 e. The van der Waals surface area contributed by atoms with Gasteiger partial charge in [0.15, 0.2) is 0 Å². The lowest BCUT2D eigenvalue weighted by Crippen LogP contribution is -2.24. The van der Waals surface area contributed by atoms with Gasteiger partial charge in [-0.3, -0.25) is 4.79 Å². The third-order valence-corrected chi connectivity index (χ3v) is 3.35. The SMILES string of the molecule is CN1CCCc2cc(CCCC(=O)O)ccc21. The summed E-state index contributed by atoms with van der Waals surface area (Å²) in [6, 6.07) is 6.54. The molecule has 0 saturated carbocycles. The molecule has 0 spiro atoms. The van der Waals surface area contributed by atoms with Crippen molar-refractivity contribution in [3.8, 4) is 0 Å². The second-order valence-corrected chi connectivity index (χ2v) is 4.74. The number of fused-ring (bicyclic) bond motifs is 1. The van der Waals surface area contributed by atoms with Crippen LogP contribution in [-0.2, 0) is 17.6 Å². The van der Waals surface area contributed by atoms with Gasteiger partial charge in [0.25, 0.3) is 0 Å². The van der Waals surface area contributed by atoms with Crippen LogP contribution in [0.25, 0.3) is 0 Å². The molecule has 0 atom stereocenters. The monoisotopic (exact) mass is 233 g/mol. The summed E-state index contributed by atoms with van der Waals surface area (Å²) in [5.41, 5.74) is 4.00. The molecule has 0 amide bonds. The van der Waals surface area contributed by atoms with Crippen LogP contribution >= 0.6 is 0 Å². The van der Waals surface area contributed by atoms with Crippen LogP contribution in [0.1, 0.15) is 30.4 Å². The van der Waals surface area contributed by atoms with Gasteiger partial charge in [0, 0.05) is 25.7 Å². The molecule has 0 saturated heterocycles. The van der Waals surface area contributed by atoms with Crippen molar-refractivity contribution in [2.75, 3.05) is 18.5 Å². The first-order chi connectivity index (χ1) is 8.16. The number of anilines is 1. The maximum absolute atomic E-state index is 10.5. The first-order valence-electron chi connectivity index (χ1n) is 6.21. The normalized spacial score (nSPS) is 14.5. The smallest absolute Gasteiger partial charge is 0.303 e. The number of benzene rings is 1. The molecule has 17 heavy (non-hydrogen) atoms. The Morgan fingerprint density at radius 3 is 3.06 bits per heavy atom. The van der Waals surface area contributed by atoms with E-state index in [-0.39, 0.29) is 6.42 Å². The van der Waals surface area contributed by atoms with Crippen molar-refractivity contribution in [2.24, 2.45) is 0 Å². The highest BCUT2D eigenvalue weighted by atomic mass is 16.4. The predicted octanol–water partition coefficient (Wildman–Crippen LogP) is 2.48. The molecular weight excluding hydrogens is 214 g/mol. The van der Waals surface area contributed by atoms with Crippen LogP contribution in [0.15, 0.2) is 18.2 Å².